The number of hydrogen-bond acceptors (Lipinski definition) is 4. The fourth-order valence-electron chi connectivity index (χ4n) is 6.68. The molecule has 5 atom stereocenters. The first kappa shape index (κ1) is 21.1. The summed E-state index contributed by atoms with van der Waals surface area (Å²) in [6.45, 7) is 6.47. The third-order valence-electron chi connectivity index (χ3n) is 8.14. The van der Waals surface area contributed by atoms with Crippen LogP contribution < -0.4 is 4.74 Å². The lowest BCUT2D eigenvalue weighted by Gasteiger charge is -2.50. The molecule has 3 aliphatic carbocycles. The Morgan fingerprint density at radius 1 is 1.03 bits per heavy atom. The molecule has 4 heteroatoms. The van der Waals surface area contributed by atoms with Crippen LogP contribution in [0.15, 0.2) is 12.1 Å². The molecule has 0 aliphatic heterocycles. The molecule has 162 valence electrons. The summed E-state index contributed by atoms with van der Waals surface area (Å²) in [6, 6.07) is 4.77. The third-order valence-corrected chi connectivity index (χ3v) is 8.14. The smallest absolute Gasteiger partial charge is 0.188 e. The predicted molar refractivity (Wildman–Crippen MR) is 115 cm³/mol. The summed E-state index contributed by atoms with van der Waals surface area (Å²) in [7, 11) is 3.44. The van der Waals surface area contributed by atoms with Crippen molar-refractivity contribution in [3.05, 3.63) is 28.8 Å². The molecule has 5 unspecified atom stereocenters. The highest BCUT2D eigenvalue weighted by atomic mass is 16.7. The fraction of sp³-hybridized carbons (Fsp3) is 0.760. The van der Waals surface area contributed by atoms with Crippen molar-refractivity contribution in [2.24, 2.45) is 17.3 Å². The molecule has 0 radical (unpaired) electrons. The second-order valence-electron chi connectivity index (χ2n) is 9.45. The second-order valence-corrected chi connectivity index (χ2v) is 9.45. The van der Waals surface area contributed by atoms with Gasteiger partial charge in [-0.05, 0) is 90.9 Å². The van der Waals surface area contributed by atoms with E-state index in [1.54, 1.807) is 19.8 Å². The van der Waals surface area contributed by atoms with Crippen LogP contribution in [0.2, 0.25) is 0 Å². The molecule has 2 saturated carbocycles. The molecule has 0 spiro atoms. The van der Waals surface area contributed by atoms with E-state index in [2.05, 4.69) is 26.0 Å². The van der Waals surface area contributed by atoms with Gasteiger partial charge in [-0.3, -0.25) is 0 Å². The number of aryl methyl sites for hydroxylation is 2. The van der Waals surface area contributed by atoms with Gasteiger partial charge in [-0.2, -0.15) is 0 Å². The quantitative estimate of drug-likeness (QED) is 0.447. The van der Waals surface area contributed by atoms with Gasteiger partial charge < -0.3 is 18.9 Å². The van der Waals surface area contributed by atoms with Crippen molar-refractivity contribution >= 4 is 0 Å². The molecular weight excluding hydrogens is 364 g/mol. The first-order valence-corrected chi connectivity index (χ1v) is 11.5. The molecule has 0 amide bonds. The van der Waals surface area contributed by atoms with Gasteiger partial charge in [0.1, 0.15) is 5.75 Å². The number of rotatable bonds is 8. The van der Waals surface area contributed by atoms with Crippen LogP contribution in [-0.4, -0.2) is 40.3 Å². The largest absolute Gasteiger partial charge is 0.467 e. The van der Waals surface area contributed by atoms with Crippen molar-refractivity contribution in [2.45, 2.75) is 70.8 Å². The van der Waals surface area contributed by atoms with Crippen LogP contribution in [0.3, 0.4) is 0 Å². The normalized spacial score (nSPS) is 33.1. The highest BCUT2D eigenvalue weighted by Gasteiger charge is 2.55. The standard InChI is InChI=1S/C25H38O4/c1-5-17-14-21-18(15-23(17)29-16-27-4)6-7-20-19(21)10-11-25(2)22(20)8-9-24(25)28-13-12-26-3/h14-15,19-20,22,24H,5-13,16H2,1-4H3. The molecule has 4 rings (SSSR count). The summed E-state index contributed by atoms with van der Waals surface area (Å²) in [5, 5.41) is 0. The Balaban J connectivity index is 1.55. The van der Waals surface area contributed by atoms with E-state index in [0.29, 0.717) is 30.8 Å². The van der Waals surface area contributed by atoms with Gasteiger partial charge >= 0.3 is 0 Å². The molecule has 0 bridgehead atoms. The van der Waals surface area contributed by atoms with Gasteiger partial charge in [-0.1, -0.05) is 19.9 Å². The molecule has 29 heavy (non-hydrogen) atoms. The Morgan fingerprint density at radius 2 is 1.90 bits per heavy atom. The van der Waals surface area contributed by atoms with Crippen molar-refractivity contribution in [3.63, 3.8) is 0 Å². The summed E-state index contributed by atoms with van der Waals surface area (Å²) in [6.07, 6.45) is 8.98. The van der Waals surface area contributed by atoms with Gasteiger partial charge in [-0.15, -0.1) is 0 Å². The van der Waals surface area contributed by atoms with Crippen LogP contribution in [0.25, 0.3) is 0 Å². The minimum absolute atomic E-state index is 0.322. The van der Waals surface area contributed by atoms with Gasteiger partial charge in [0.05, 0.1) is 19.3 Å². The van der Waals surface area contributed by atoms with Crippen LogP contribution >= 0.6 is 0 Å². The summed E-state index contributed by atoms with van der Waals surface area (Å²) >= 11 is 0. The lowest BCUT2D eigenvalue weighted by atomic mass is 9.55. The Labute approximate surface area is 176 Å². The topological polar surface area (TPSA) is 36.9 Å². The molecule has 0 aromatic heterocycles. The fourth-order valence-corrected chi connectivity index (χ4v) is 6.68. The molecule has 0 saturated heterocycles. The number of benzene rings is 1. The SMILES string of the molecule is CCc1cc2c(cc1OCOC)CCC1C2CCC2(C)C(OCCOC)CCC12. The van der Waals surface area contributed by atoms with Crippen LogP contribution in [0.4, 0.5) is 0 Å². The third kappa shape index (κ3) is 3.84. The highest BCUT2D eigenvalue weighted by molar-refractivity contribution is 5.46. The van der Waals surface area contributed by atoms with Gasteiger partial charge in [0.15, 0.2) is 6.79 Å². The summed E-state index contributed by atoms with van der Waals surface area (Å²) in [5.74, 6) is 3.31. The van der Waals surface area contributed by atoms with Crippen molar-refractivity contribution < 1.29 is 18.9 Å². The van der Waals surface area contributed by atoms with Gasteiger partial charge in [0.25, 0.3) is 0 Å². The molecule has 4 nitrogen and oxygen atoms in total. The number of ether oxygens (including phenoxy) is 4. The van der Waals surface area contributed by atoms with E-state index in [1.165, 1.54) is 49.7 Å². The van der Waals surface area contributed by atoms with E-state index in [9.17, 15) is 0 Å². The van der Waals surface area contributed by atoms with Crippen molar-refractivity contribution in [2.75, 3.05) is 34.2 Å². The average Bonchev–Trinajstić information content (AvgIpc) is 3.08. The van der Waals surface area contributed by atoms with Gasteiger partial charge in [0.2, 0.25) is 0 Å². The predicted octanol–water partition coefficient (Wildman–Crippen LogP) is 5.12. The van der Waals surface area contributed by atoms with Crippen LogP contribution in [-0.2, 0) is 27.1 Å². The molecule has 1 aromatic carbocycles. The maximum Gasteiger partial charge on any atom is 0.188 e. The number of methoxy groups -OCH3 is 2. The van der Waals surface area contributed by atoms with Crippen molar-refractivity contribution in [3.8, 4) is 5.75 Å². The first-order valence-electron chi connectivity index (χ1n) is 11.5. The lowest BCUT2D eigenvalue weighted by molar-refractivity contribution is -0.0739. The number of fused-ring (bicyclic) bond motifs is 5. The summed E-state index contributed by atoms with van der Waals surface area (Å²) in [4.78, 5) is 0. The zero-order valence-corrected chi connectivity index (χ0v) is 18.7. The van der Waals surface area contributed by atoms with E-state index in [-0.39, 0.29) is 0 Å². The lowest BCUT2D eigenvalue weighted by Crippen LogP contribution is -2.45. The number of hydrogen-bond donors (Lipinski definition) is 0. The molecule has 3 aliphatic rings. The molecule has 0 N–H and O–H groups in total. The second kappa shape index (κ2) is 8.95. The minimum Gasteiger partial charge on any atom is -0.467 e. The minimum atomic E-state index is 0.322. The summed E-state index contributed by atoms with van der Waals surface area (Å²) < 4.78 is 22.5. The molecular formula is C25H38O4. The van der Waals surface area contributed by atoms with E-state index in [0.717, 1.165) is 30.6 Å². The van der Waals surface area contributed by atoms with Crippen LogP contribution in [0.1, 0.15) is 68.6 Å². The first-order chi connectivity index (χ1) is 14.1. The van der Waals surface area contributed by atoms with Gasteiger partial charge in [0, 0.05) is 14.2 Å². The monoisotopic (exact) mass is 402 g/mol. The maximum atomic E-state index is 6.30. The van der Waals surface area contributed by atoms with Crippen LogP contribution in [0.5, 0.6) is 5.75 Å². The van der Waals surface area contributed by atoms with Crippen LogP contribution in [0, 0.1) is 17.3 Å². The van der Waals surface area contributed by atoms with Gasteiger partial charge in [-0.25, -0.2) is 0 Å². The molecule has 1 aromatic rings. The highest BCUT2D eigenvalue weighted by Crippen LogP contribution is 2.61. The Kier molecular flexibility index (Phi) is 6.53. The average molecular weight is 403 g/mol. The Bertz CT molecular complexity index is 702. The summed E-state index contributed by atoms with van der Waals surface area (Å²) in [5.41, 5.74) is 4.77. The molecule has 0 heterocycles. The zero-order valence-electron chi connectivity index (χ0n) is 18.7. The van der Waals surface area contributed by atoms with E-state index < -0.39 is 0 Å². The van der Waals surface area contributed by atoms with Crippen molar-refractivity contribution in [1.29, 1.82) is 0 Å². The maximum absolute atomic E-state index is 6.30. The van der Waals surface area contributed by atoms with E-state index in [1.807, 2.05) is 0 Å². The Morgan fingerprint density at radius 3 is 2.66 bits per heavy atom. The molecule has 2 fully saturated rings. The Hall–Kier alpha value is -1.10. The zero-order chi connectivity index (χ0) is 20.4. The van der Waals surface area contributed by atoms with E-state index >= 15 is 0 Å². The van der Waals surface area contributed by atoms with Crippen molar-refractivity contribution in [1.82, 2.24) is 0 Å². The van der Waals surface area contributed by atoms with E-state index in [4.69, 9.17) is 18.9 Å².